The summed E-state index contributed by atoms with van der Waals surface area (Å²) in [6.45, 7) is 1.87. The topological polar surface area (TPSA) is 126 Å². The molecular weight excluding hydrogens is 352 g/mol. The molecule has 10 heteroatoms. The first kappa shape index (κ1) is 17.3. The number of aliphatic imine (C=N–C) groups is 1. The molecule has 10 nitrogen and oxygen atoms in total. The number of fused-ring (bicyclic) bond motifs is 5. The maximum atomic E-state index is 12.5. The Morgan fingerprint density at radius 3 is 2.44 bits per heavy atom. The summed E-state index contributed by atoms with van der Waals surface area (Å²) < 4.78 is 5.58. The largest absolute Gasteiger partial charge is 0.365 e. The van der Waals surface area contributed by atoms with Gasteiger partial charge in [-0.2, -0.15) is 4.99 Å². The number of hydrogen-bond donors (Lipinski definition) is 2. The molecule has 4 heterocycles. The van der Waals surface area contributed by atoms with E-state index in [1.807, 2.05) is 12.2 Å². The summed E-state index contributed by atoms with van der Waals surface area (Å²) in [4.78, 5) is 50.0. The Bertz CT molecular complexity index is 809. The van der Waals surface area contributed by atoms with Crippen molar-refractivity contribution in [1.82, 2.24) is 25.5 Å². The smallest absolute Gasteiger partial charge is 0.320 e. The van der Waals surface area contributed by atoms with Crippen molar-refractivity contribution in [1.29, 1.82) is 0 Å². The number of aromatic nitrogens is 2. The predicted octanol–water partition coefficient (Wildman–Crippen LogP) is -0.236. The van der Waals surface area contributed by atoms with E-state index < -0.39 is 17.9 Å². The molecule has 2 bridgehead atoms. The summed E-state index contributed by atoms with van der Waals surface area (Å²) in [5.41, 5.74) is 0. The average molecular weight is 370 g/mol. The fourth-order valence-electron chi connectivity index (χ4n) is 3.60. The first-order valence-corrected chi connectivity index (χ1v) is 8.61. The molecule has 3 aliphatic rings. The first-order chi connectivity index (χ1) is 13.0. The minimum Gasteiger partial charge on any atom is -0.365 e. The number of amides is 4. The van der Waals surface area contributed by atoms with Crippen LogP contribution in [0.4, 0.5) is 10.7 Å². The Hall–Kier alpha value is -3.14. The minimum absolute atomic E-state index is 0.121. The van der Waals surface area contributed by atoms with Crippen molar-refractivity contribution in [2.75, 3.05) is 13.1 Å². The monoisotopic (exact) mass is 370 g/mol. The number of carbonyl (C=O) groups is 3. The summed E-state index contributed by atoms with van der Waals surface area (Å²) in [6.07, 6.45) is 6.15. The van der Waals surface area contributed by atoms with Gasteiger partial charge in [-0.25, -0.2) is 14.8 Å². The van der Waals surface area contributed by atoms with Crippen molar-refractivity contribution >= 4 is 29.6 Å². The first-order valence-electron chi connectivity index (χ1n) is 8.61. The van der Waals surface area contributed by atoms with Gasteiger partial charge in [0.05, 0.1) is 24.0 Å². The van der Waals surface area contributed by atoms with E-state index in [1.165, 1.54) is 4.90 Å². The Kier molecular flexibility index (Phi) is 4.40. The highest BCUT2D eigenvalue weighted by molar-refractivity contribution is 6.06. The molecule has 0 saturated carbocycles. The highest BCUT2D eigenvalue weighted by Gasteiger charge is 2.60. The number of hydrogen-bond acceptors (Lipinski definition) is 7. The van der Waals surface area contributed by atoms with Gasteiger partial charge in [-0.05, 0) is 13.0 Å². The van der Waals surface area contributed by atoms with Crippen LogP contribution in [0.1, 0.15) is 6.92 Å². The number of rotatable bonds is 4. The van der Waals surface area contributed by atoms with Gasteiger partial charge in [0.1, 0.15) is 5.84 Å². The van der Waals surface area contributed by atoms with Gasteiger partial charge in [-0.3, -0.25) is 19.8 Å². The second-order valence-electron chi connectivity index (χ2n) is 6.46. The van der Waals surface area contributed by atoms with Crippen molar-refractivity contribution in [2.24, 2.45) is 16.8 Å². The van der Waals surface area contributed by atoms with E-state index in [4.69, 9.17) is 4.74 Å². The van der Waals surface area contributed by atoms with E-state index in [2.05, 4.69) is 25.6 Å². The van der Waals surface area contributed by atoms with Crippen LogP contribution < -0.4 is 10.6 Å². The molecule has 4 atom stereocenters. The highest BCUT2D eigenvalue weighted by Crippen LogP contribution is 2.44. The third-order valence-corrected chi connectivity index (χ3v) is 4.74. The zero-order valence-electron chi connectivity index (χ0n) is 14.5. The van der Waals surface area contributed by atoms with E-state index in [-0.39, 0.29) is 43.1 Å². The number of likely N-dealkylation sites (tertiary alicyclic amines) is 1. The average Bonchev–Trinajstić information content (AvgIpc) is 3.32. The number of ether oxygens (including phenoxy) is 1. The molecule has 1 aromatic rings. The fraction of sp³-hybridized carbons (Fsp3) is 0.412. The van der Waals surface area contributed by atoms with Crippen LogP contribution >= 0.6 is 0 Å². The molecule has 2 fully saturated rings. The summed E-state index contributed by atoms with van der Waals surface area (Å²) >= 11 is 0. The van der Waals surface area contributed by atoms with Crippen LogP contribution in [0.3, 0.4) is 0 Å². The minimum atomic E-state index is -0.489. The van der Waals surface area contributed by atoms with Crippen molar-refractivity contribution in [3.8, 4) is 0 Å². The van der Waals surface area contributed by atoms with E-state index in [1.54, 1.807) is 25.4 Å². The molecule has 2 N–H and O–H groups in total. The van der Waals surface area contributed by atoms with E-state index in [0.717, 1.165) is 0 Å². The Morgan fingerprint density at radius 2 is 1.81 bits per heavy atom. The summed E-state index contributed by atoms with van der Waals surface area (Å²) in [5, 5.41) is 5.15. The van der Waals surface area contributed by atoms with Gasteiger partial charge in [0.2, 0.25) is 11.8 Å². The lowest BCUT2D eigenvalue weighted by Crippen LogP contribution is -2.44. The van der Waals surface area contributed by atoms with Gasteiger partial charge in [-0.15, -0.1) is 0 Å². The van der Waals surface area contributed by atoms with Gasteiger partial charge < -0.3 is 10.1 Å². The molecule has 140 valence electrons. The number of imide groups is 1. The molecule has 0 radical (unpaired) electrons. The molecule has 4 amide bonds. The molecule has 27 heavy (non-hydrogen) atoms. The number of urea groups is 1. The van der Waals surface area contributed by atoms with Crippen LogP contribution in [-0.2, 0) is 14.3 Å². The third kappa shape index (κ3) is 3.19. The SMILES string of the molecule is CC(=Nc1ncccn1)NC(=O)NCCN1C(=O)C2C3C=CC(O3)C2C1=O. The lowest BCUT2D eigenvalue weighted by Gasteiger charge is -2.17. The molecule has 1 aromatic heterocycles. The summed E-state index contributed by atoms with van der Waals surface area (Å²) in [5.74, 6) is -0.767. The zero-order chi connectivity index (χ0) is 19.0. The Balaban J connectivity index is 1.27. The highest BCUT2D eigenvalue weighted by atomic mass is 16.5. The third-order valence-electron chi connectivity index (χ3n) is 4.74. The van der Waals surface area contributed by atoms with Gasteiger partial charge in [-0.1, -0.05) is 12.2 Å². The molecule has 0 aliphatic carbocycles. The van der Waals surface area contributed by atoms with Crippen LogP contribution in [0.5, 0.6) is 0 Å². The van der Waals surface area contributed by atoms with Gasteiger partial charge >= 0.3 is 6.03 Å². The lowest BCUT2D eigenvalue weighted by molar-refractivity contribution is -0.142. The Morgan fingerprint density at radius 1 is 1.19 bits per heavy atom. The van der Waals surface area contributed by atoms with Gasteiger partial charge in [0.25, 0.3) is 5.95 Å². The number of carbonyl (C=O) groups excluding carboxylic acids is 3. The van der Waals surface area contributed by atoms with Crippen LogP contribution in [0.15, 0.2) is 35.6 Å². The van der Waals surface area contributed by atoms with Crippen LogP contribution in [0.2, 0.25) is 0 Å². The number of nitrogens with zero attached hydrogens (tertiary/aromatic N) is 4. The van der Waals surface area contributed by atoms with E-state index >= 15 is 0 Å². The maximum absolute atomic E-state index is 12.5. The molecule has 4 rings (SSSR count). The Labute approximate surface area is 154 Å². The quantitative estimate of drug-likeness (QED) is 0.326. The zero-order valence-corrected chi connectivity index (χ0v) is 14.5. The number of nitrogens with one attached hydrogen (secondary N) is 2. The summed E-state index contributed by atoms with van der Waals surface area (Å²) in [7, 11) is 0. The second kappa shape index (κ2) is 6.88. The normalized spacial score (nSPS) is 28.6. The van der Waals surface area contributed by atoms with E-state index in [9.17, 15) is 14.4 Å². The van der Waals surface area contributed by atoms with Crippen molar-refractivity contribution in [3.63, 3.8) is 0 Å². The summed E-state index contributed by atoms with van der Waals surface area (Å²) in [6, 6.07) is 1.17. The van der Waals surface area contributed by atoms with Crippen LogP contribution in [0, 0.1) is 11.8 Å². The predicted molar refractivity (Wildman–Crippen MR) is 92.8 cm³/mol. The second-order valence-corrected chi connectivity index (χ2v) is 6.46. The standard InChI is InChI=1S/C17H18N6O4/c1-9(21-16-18-5-2-6-19-16)22-17(26)20-7-8-23-14(24)12-10-3-4-11(27-10)13(12)15(23)25/h2-6,10-13H,7-8H2,1H3,(H2,18,19,20,21,22,26). The molecule has 0 spiro atoms. The van der Waals surface area contributed by atoms with Crippen LogP contribution in [0.25, 0.3) is 0 Å². The molecule has 0 aromatic carbocycles. The van der Waals surface area contributed by atoms with Crippen molar-refractivity contribution in [2.45, 2.75) is 19.1 Å². The van der Waals surface area contributed by atoms with E-state index in [0.29, 0.717) is 5.84 Å². The van der Waals surface area contributed by atoms with Crippen molar-refractivity contribution in [3.05, 3.63) is 30.6 Å². The molecule has 4 unspecified atom stereocenters. The fourth-order valence-corrected chi connectivity index (χ4v) is 3.60. The van der Waals surface area contributed by atoms with Gasteiger partial charge in [0.15, 0.2) is 0 Å². The van der Waals surface area contributed by atoms with Gasteiger partial charge in [0, 0.05) is 25.5 Å². The lowest BCUT2D eigenvalue weighted by atomic mass is 9.85. The van der Waals surface area contributed by atoms with Crippen molar-refractivity contribution < 1.29 is 19.1 Å². The maximum Gasteiger partial charge on any atom is 0.320 e. The number of amidine groups is 1. The molecule has 2 saturated heterocycles. The van der Waals surface area contributed by atoms with Crippen LogP contribution in [-0.4, -0.2) is 63.8 Å². The molecular formula is C17H18N6O4. The molecule has 3 aliphatic heterocycles.